The molecule has 0 radical (unpaired) electrons. The monoisotopic (exact) mass is 557 g/mol. The zero-order chi connectivity index (χ0) is 27.7. The SMILES string of the molecule is COC(=O)N1CCC(Oc2cc3c(=O)n(Cc4ccc(Cl)cc4)c(C)nc3cc2-c2ccn(C(F)F)n2)CC1. The van der Waals surface area contributed by atoms with Gasteiger partial charge in [-0.1, -0.05) is 23.7 Å². The van der Waals surface area contributed by atoms with Gasteiger partial charge in [0.1, 0.15) is 17.7 Å². The average Bonchev–Trinajstić information content (AvgIpc) is 3.43. The summed E-state index contributed by atoms with van der Waals surface area (Å²) >= 11 is 6.00. The standard InChI is InChI=1S/C27H26ClF2N5O4/c1-16-31-23-13-20(22-9-12-35(32-22)26(29)30)24(39-19-7-10-33(11-8-19)27(37)38-2)14-21(23)25(36)34(16)15-17-3-5-18(28)6-4-17/h3-6,9,12-14,19,26H,7-8,10-11,15H2,1-2H3. The van der Waals surface area contributed by atoms with E-state index in [4.69, 9.17) is 21.1 Å². The van der Waals surface area contributed by atoms with Gasteiger partial charge in [0.25, 0.3) is 5.56 Å². The Morgan fingerprint density at radius 3 is 2.51 bits per heavy atom. The summed E-state index contributed by atoms with van der Waals surface area (Å²) in [5.74, 6) is 0.828. The van der Waals surface area contributed by atoms with Gasteiger partial charge in [-0.05, 0) is 42.8 Å². The Kier molecular flexibility index (Phi) is 7.51. The first-order valence-electron chi connectivity index (χ1n) is 12.4. The Morgan fingerprint density at radius 1 is 1.15 bits per heavy atom. The van der Waals surface area contributed by atoms with Crippen molar-refractivity contribution in [3.63, 3.8) is 0 Å². The van der Waals surface area contributed by atoms with Crippen molar-refractivity contribution in [2.45, 2.75) is 39.0 Å². The van der Waals surface area contributed by atoms with Crippen molar-refractivity contribution in [1.29, 1.82) is 0 Å². The predicted octanol–water partition coefficient (Wildman–Crippen LogP) is 5.27. The van der Waals surface area contributed by atoms with Gasteiger partial charge >= 0.3 is 12.6 Å². The van der Waals surface area contributed by atoms with E-state index in [0.717, 1.165) is 5.56 Å². The molecule has 1 fully saturated rings. The van der Waals surface area contributed by atoms with Crippen molar-refractivity contribution in [3.8, 4) is 17.0 Å². The number of nitrogens with zero attached hydrogens (tertiary/aromatic N) is 5. The summed E-state index contributed by atoms with van der Waals surface area (Å²) in [6.07, 6.45) is 1.58. The summed E-state index contributed by atoms with van der Waals surface area (Å²) in [6.45, 7) is 0.116. The number of halogens is 3. The third-order valence-corrected chi connectivity index (χ3v) is 7.00. The summed E-state index contributed by atoms with van der Waals surface area (Å²) in [4.78, 5) is 31.7. The lowest BCUT2D eigenvalue weighted by Crippen LogP contribution is -2.41. The second-order valence-corrected chi connectivity index (χ2v) is 9.71. The summed E-state index contributed by atoms with van der Waals surface area (Å²) in [6, 6.07) is 11.9. The maximum atomic E-state index is 13.6. The first kappa shape index (κ1) is 26.6. The lowest BCUT2D eigenvalue weighted by molar-refractivity contribution is 0.0567. The molecule has 39 heavy (non-hydrogen) atoms. The van der Waals surface area contributed by atoms with Gasteiger partial charge in [-0.3, -0.25) is 9.36 Å². The van der Waals surface area contributed by atoms with Crippen molar-refractivity contribution in [1.82, 2.24) is 24.2 Å². The molecule has 4 aromatic rings. The van der Waals surface area contributed by atoms with Crippen molar-refractivity contribution in [2.24, 2.45) is 0 Å². The van der Waals surface area contributed by atoms with Crippen LogP contribution in [0.15, 0.2) is 53.5 Å². The summed E-state index contributed by atoms with van der Waals surface area (Å²) < 4.78 is 39.8. The molecule has 2 aromatic heterocycles. The zero-order valence-corrected chi connectivity index (χ0v) is 22.1. The first-order valence-corrected chi connectivity index (χ1v) is 12.7. The highest BCUT2D eigenvalue weighted by Crippen LogP contribution is 2.34. The van der Waals surface area contributed by atoms with E-state index in [0.29, 0.717) is 70.2 Å². The van der Waals surface area contributed by atoms with Crippen LogP contribution in [0.1, 0.15) is 30.8 Å². The van der Waals surface area contributed by atoms with Crippen LogP contribution in [0, 0.1) is 6.92 Å². The third-order valence-electron chi connectivity index (χ3n) is 6.75. The molecular formula is C27H26ClF2N5O4. The number of ether oxygens (including phenoxy) is 2. The summed E-state index contributed by atoms with van der Waals surface area (Å²) in [5.41, 5.74) is 1.73. The van der Waals surface area contributed by atoms with E-state index < -0.39 is 12.6 Å². The lowest BCUT2D eigenvalue weighted by Gasteiger charge is -2.31. The molecule has 204 valence electrons. The van der Waals surface area contributed by atoms with Crippen LogP contribution in [0.25, 0.3) is 22.2 Å². The number of rotatable bonds is 6. The van der Waals surface area contributed by atoms with Crippen molar-refractivity contribution in [3.05, 3.63) is 75.4 Å². The Bertz CT molecular complexity index is 1560. The van der Waals surface area contributed by atoms with Crippen molar-refractivity contribution < 1.29 is 23.0 Å². The molecule has 0 atom stereocenters. The van der Waals surface area contributed by atoms with E-state index in [2.05, 4.69) is 10.1 Å². The first-order chi connectivity index (χ1) is 18.7. The number of aromatic nitrogens is 4. The van der Waals surface area contributed by atoms with Crippen LogP contribution < -0.4 is 10.3 Å². The van der Waals surface area contributed by atoms with E-state index in [-0.39, 0.29) is 17.4 Å². The molecule has 3 heterocycles. The van der Waals surface area contributed by atoms with E-state index >= 15 is 0 Å². The highest BCUT2D eigenvalue weighted by molar-refractivity contribution is 6.30. The summed E-state index contributed by atoms with van der Waals surface area (Å²) in [7, 11) is 1.33. The fraction of sp³-hybridized carbons (Fsp3) is 0.333. The van der Waals surface area contributed by atoms with Crippen LogP contribution in [-0.4, -0.2) is 56.6 Å². The average molecular weight is 558 g/mol. The number of alkyl halides is 2. The number of hydrogen-bond acceptors (Lipinski definition) is 6. The van der Waals surface area contributed by atoms with Crippen LogP contribution in [0.2, 0.25) is 5.02 Å². The molecule has 1 amide bonds. The van der Waals surface area contributed by atoms with Gasteiger partial charge in [-0.2, -0.15) is 13.9 Å². The molecule has 0 saturated carbocycles. The maximum absolute atomic E-state index is 13.6. The number of amides is 1. The van der Waals surface area contributed by atoms with Gasteiger partial charge in [-0.15, -0.1) is 0 Å². The molecule has 5 rings (SSSR count). The molecule has 12 heteroatoms. The number of likely N-dealkylation sites (tertiary alicyclic amines) is 1. The van der Waals surface area contributed by atoms with Crippen LogP contribution in [0.4, 0.5) is 13.6 Å². The Hall–Kier alpha value is -3.99. The molecule has 1 aliphatic heterocycles. The van der Waals surface area contributed by atoms with E-state index in [9.17, 15) is 18.4 Å². The van der Waals surface area contributed by atoms with Gasteiger partial charge in [0.15, 0.2) is 0 Å². The number of piperidine rings is 1. The highest BCUT2D eigenvalue weighted by atomic mass is 35.5. The van der Waals surface area contributed by atoms with Gasteiger partial charge in [0.2, 0.25) is 0 Å². The lowest BCUT2D eigenvalue weighted by atomic mass is 10.1. The van der Waals surface area contributed by atoms with E-state index in [1.54, 1.807) is 40.7 Å². The second-order valence-electron chi connectivity index (χ2n) is 9.28. The van der Waals surface area contributed by atoms with Gasteiger partial charge in [-0.25, -0.2) is 14.5 Å². The van der Waals surface area contributed by atoms with Crippen molar-refractivity contribution in [2.75, 3.05) is 20.2 Å². The Morgan fingerprint density at radius 2 is 1.87 bits per heavy atom. The number of methoxy groups -OCH3 is 1. The van der Waals surface area contributed by atoms with E-state index in [1.165, 1.54) is 19.4 Å². The predicted molar refractivity (Wildman–Crippen MR) is 141 cm³/mol. The number of carbonyl (C=O) groups is 1. The van der Waals surface area contributed by atoms with Crippen LogP contribution >= 0.6 is 11.6 Å². The Labute approximate surface area is 227 Å². The largest absolute Gasteiger partial charge is 0.490 e. The van der Waals surface area contributed by atoms with Crippen molar-refractivity contribution >= 4 is 28.6 Å². The minimum absolute atomic E-state index is 0.262. The normalized spacial score (nSPS) is 14.3. The maximum Gasteiger partial charge on any atom is 0.409 e. The number of carbonyl (C=O) groups excluding carboxylic acids is 1. The van der Waals surface area contributed by atoms with E-state index in [1.807, 2.05) is 12.1 Å². The molecule has 0 spiro atoms. The molecule has 1 aliphatic rings. The van der Waals surface area contributed by atoms with Gasteiger partial charge in [0.05, 0.1) is 30.3 Å². The van der Waals surface area contributed by atoms with Crippen LogP contribution in [0.5, 0.6) is 5.75 Å². The number of fused-ring (bicyclic) bond motifs is 1. The molecule has 1 saturated heterocycles. The molecular weight excluding hydrogens is 532 g/mol. The molecule has 0 aliphatic carbocycles. The smallest absolute Gasteiger partial charge is 0.409 e. The van der Waals surface area contributed by atoms with Gasteiger partial charge < -0.3 is 14.4 Å². The summed E-state index contributed by atoms with van der Waals surface area (Å²) in [5, 5.41) is 4.93. The molecule has 0 bridgehead atoms. The third kappa shape index (κ3) is 5.58. The molecule has 0 unspecified atom stereocenters. The van der Waals surface area contributed by atoms with Crippen LogP contribution in [-0.2, 0) is 11.3 Å². The fourth-order valence-electron chi connectivity index (χ4n) is 4.67. The second kappa shape index (κ2) is 11.0. The fourth-order valence-corrected chi connectivity index (χ4v) is 4.80. The van der Waals surface area contributed by atoms with Crippen LogP contribution in [0.3, 0.4) is 0 Å². The minimum Gasteiger partial charge on any atom is -0.490 e. The number of benzene rings is 2. The Balaban J connectivity index is 1.55. The zero-order valence-electron chi connectivity index (χ0n) is 21.3. The number of hydrogen-bond donors (Lipinski definition) is 0. The number of aryl methyl sites for hydroxylation is 1. The molecule has 0 N–H and O–H groups in total. The molecule has 2 aromatic carbocycles. The topological polar surface area (TPSA) is 91.5 Å². The minimum atomic E-state index is -2.80. The highest BCUT2D eigenvalue weighted by Gasteiger charge is 2.26. The quantitative estimate of drug-likeness (QED) is 0.320. The molecule has 9 nitrogen and oxygen atoms in total. The van der Waals surface area contributed by atoms with Gasteiger partial charge in [0, 0.05) is 42.7 Å².